The zero-order valence-corrected chi connectivity index (χ0v) is 17.8. The number of aromatic nitrogens is 3. The summed E-state index contributed by atoms with van der Waals surface area (Å²) in [5.74, 6) is 0.500. The molecule has 32 heavy (non-hydrogen) atoms. The number of ether oxygens (including phenoxy) is 2. The number of fused-ring (bicyclic) bond motifs is 1. The lowest BCUT2D eigenvalue weighted by atomic mass is 10.2. The first kappa shape index (κ1) is 21.0. The third-order valence-corrected chi connectivity index (χ3v) is 5.19. The van der Waals surface area contributed by atoms with Gasteiger partial charge in [-0.1, -0.05) is 30.3 Å². The molecule has 0 saturated heterocycles. The van der Waals surface area contributed by atoms with E-state index in [9.17, 15) is 14.4 Å². The highest BCUT2D eigenvalue weighted by Gasteiger charge is 2.21. The average molecular weight is 434 g/mol. The van der Waals surface area contributed by atoms with E-state index in [-0.39, 0.29) is 23.1 Å². The van der Waals surface area contributed by atoms with Crippen molar-refractivity contribution in [2.24, 2.45) is 7.05 Å². The minimum absolute atomic E-state index is 0.126. The number of carbonyl (C=O) groups excluding carboxylic acids is 1. The van der Waals surface area contributed by atoms with Crippen molar-refractivity contribution in [3.8, 4) is 11.5 Å². The number of rotatable bonds is 6. The maximum Gasteiger partial charge on any atom is 0.329 e. The van der Waals surface area contributed by atoms with Crippen LogP contribution in [0.15, 0.2) is 64.3 Å². The third kappa shape index (κ3) is 3.76. The molecule has 1 amide bonds. The van der Waals surface area contributed by atoms with Gasteiger partial charge < -0.3 is 24.3 Å². The first-order valence-corrected chi connectivity index (χ1v) is 9.82. The van der Waals surface area contributed by atoms with Crippen molar-refractivity contribution >= 4 is 22.6 Å². The summed E-state index contributed by atoms with van der Waals surface area (Å²) in [7, 11) is 4.67. The zero-order chi connectivity index (χ0) is 22.8. The summed E-state index contributed by atoms with van der Waals surface area (Å²) in [6.45, 7) is 0.126. The zero-order valence-electron chi connectivity index (χ0n) is 17.8. The van der Waals surface area contributed by atoms with Crippen molar-refractivity contribution in [3.63, 3.8) is 0 Å². The number of aryl methyl sites for hydroxylation is 1. The van der Waals surface area contributed by atoms with Gasteiger partial charge in [-0.2, -0.15) is 0 Å². The fourth-order valence-corrected chi connectivity index (χ4v) is 3.58. The predicted molar refractivity (Wildman–Crippen MR) is 121 cm³/mol. The Balaban J connectivity index is 1.74. The van der Waals surface area contributed by atoms with E-state index < -0.39 is 17.2 Å². The van der Waals surface area contributed by atoms with Crippen LogP contribution in [0.3, 0.4) is 0 Å². The minimum Gasteiger partial charge on any atom is -0.497 e. The molecular formula is C23H22N4O5. The predicted octanol–water partition coefficient (Wildman–Crippen LogP) is 2.35. The molecule has 0 fully saturated rings. The van der Waals surface area contributed by atoms with Gasteiger partial charge in [-0.25, -0.2) is 4.79 Å². The second kappa shape index (κ2) is 8.46. The number of amides is 1. The van der Waals surface area contributed by atoms with Gasteiger partial charge in [0.1, 0.15) is 17.0 Å². The lowest BCUT2D eigenvalue weighted by Crippen LogP contribution is -2.36. The molecule has 0 radical (unpaired) electrons. The van der Waals surface area contributed by atoms with Crippen LogP contribution in [0.4, 0.5) is 5.69 Å². The Morgan fingerprint density at radius 1 is 1.06 bits per heavy atom. The second-order valence-electron chi connectivity index (χ2n) is 7.20. The highest BCUT2D eigenvalue weighted by molar-refractivity contribution is 6.12. The molecule has 9 heteroatoms. The molecule has 164 valence electrons. The van der Waals surface area contributed by atoms with Gasteiger partial charge in [0.25, 0.3) is 11.5 Å². The summed E-state index contributed by atoms with van der Waals surface area (Å²) in [5.41, 5.74) is 0.753. The average Bonchev–Trinajstić information content (AvgIpc) is 3.13. The SMILES string of the molecule is COc1ccc(NC(=O)c2cn(C)c3c(=O)n(Cc4ccccc4)c(=O)[nH]c23)c(OC)c1. The topological polar surface area (TPSA) is 107 Å². The Hall–Kier alpha value is -4.27. The van der Waals surface area contributed by atoms with Crippen molar-refractivity contribution < 1.29 is 14.3 Å². The van der Waals surface area contributed by atoms with Gasteiger partial charge in [-0.05, 0) is 17.7 Å². The third-order valence-electron chi connectivity index (χ3n) is 5.19. The van der Waals surface area contributed by atoms with Crippen LogP contribution >= 0.6 is 0 Å². The second-order valence-corrected chi connectivity index (χ2v) is 7.20. The number of anilines is 1. The number of aromatic amines is 1. The van der Waals surface area contributed by atoms with Crippen LogP contribution in [-0.2, 0) is 13.6 Å². The summed E-state index contributed by atoms with van der Waals surface area (Å²) < 4.78 is 13.1. The molecule has 0 atom stereocenters. The molecule has 2 aromatic carbocycles. The standard InChI is InChI=1S/C23H22N4O5/c1-26-13-16(21(28)24-17-10-9-15(31-2)11-18(17)32-3)19-20(26)22(29)27(23(30)25-19)12-14-7-5-4-6-8-14/h4-11,13H,12H2,1-3H3,(H,24,28)(H,25,30). The van der Waals surface area contributed by atoms with Crippen LogP contribution in [0, 0.1) is 0 Å². The van der Waals surface area contributed by atoms with Gasteiger partial charge in [-0.15, -0.1) is 0 Å². The van der Waals surface area contributed by atoms with E-state index in [1.807, 2.05) is 30.3 Å². The number of H-pyrrole nitrogens is 1. The molecule has 4 rings (SSSR count). The van der Waals surface area contributed by atoms with E-state index in [4.69, 9.17) is 9.47 Å². The van der Waals surface area contributed by atoms with Crippen LogP contribution < -0.4 is 26.0 Å². The number of hydrogen-bond donors (Lipinski definition) is 2. The van der Waals surface area contributed by atoms with Gasteiger partial charge >= 0.3 is 5.69 Å². The fraction of sp³-hybridized carbons (Fsp3) is 0.174. The molecule has 9 nitrogen and oxygen atoms in total. The minimum atomic E-state index is -0.589. The number of carbonyl (C=O) groups is 1. The number of nitrogens with zero attached hydrogens (tertiary/aromatic N) is 2. The van der Waals surface area contributed by atoms with Gasteiger partial charge in [0.05, 0.1) is 37.5 Å². The Morgan fingerprint density at radius 3 is 2.50 bits per heavy atom. The monoisotopic (exact) mass is 434 g/mol. The lowest BCUT2D eigenvalue weighted by Gasteiger charge is -2.11. The summed E-state index contributed by atoms with van der Waals surface area (Å²) in [5, 5.41) is 2.76. The molecule has 0 saturated carbocycles. The van der Waals surface area contributed by atoms with Crippen LogP contribution in [0.2, 0.25) is 0 Å². The molecule has 2 N–H and O–H groups in total. The first-order valence-electron chi connectivity index (χ1n) is 9.82. The molecule has 0 unspecified atom stereocenters. The van der Waals surface area contributed by atoms with E-state index >= 15 is 0 Å². The summed E-state index contributed by atoms with van der Waals surface area (Å²) in [4.78, 5) is 41.5. The highest BCUT2D eigenvalue weighted by Crippen LogP contribution is 2.29. The summed E-state index contributed by atoms with van der Waals surface area (Å²) >= 11 is 0. The van der Waals surface area contributed by atoms with E-state index in [2.05, 4.69) is 10.3 Å². The number of benzene rings is 2. The maximum atomic E-state index is 13.1. The number of nitrogens with one attached hydrogen (secondary N) is 2. The van der Waals surface area contributed by atoms with Crippen molar-refractivity contribution in [2.75, 3.05) is 19.5 Å². The molecule has 0 aliphatic heterocycles. The van der Waals surface area contributed by atoms with Crippen LogP contribution in [0.25, 0.3) is 11.0 Å². The van der Waals surface area contributed by atoms with Crippen LogP contribution in [0.1, 0.15) is 15.9 Å². The van der Waals surface area contributed by atoms with E-state index in [0.29, 0.717) is 17.2 Å². The van der Waals surface area contributed by atoms with E-state index in [0.717, 1.165) is 10.1 Å². The smallest absolute Gasteiger partial charge is 0.329 e. The molecule has 0 bridgehead atoms. The fourth-order valence-electron chi connectivity index (χ4n) is 3.58. The molecule has 2 aromatic heterocycles. The Kier molecular flexibility index (Phi) is 5.55. The lowest BCUT2D eigenvalue weighted by molar-refractivity contribution is 0.102. The van der Waals surface area contributed by atoms with Crippen molar-refractivity contribution in [2.45, 2.75) is 6.54 Å². The summed E-state index contributed by atoms with van der Waals surface area (Å²) in [6, 6.07) is 14.2. The Morgan fingerprint density at radius 2 is 1.81 bits per heavy atom. The molecule has 0 aliphatic rings. The molecular weight excluding hydrogens is 412 g/mol. The van der Waals surface area contributed by atoms with E-state index in [1.165, 1.54) is 25.0 Å². The summed E-state index contributed by atoms with van der Waals surface area (Å²) in [6.07, 6.45) is 1.51. The highest BCUT2D eigenvalue weighted by atomic mass is 16.5. The van der Waals surface area contributed by atoms with E-state index in [1.54, 1.807) is 25.2 Å². The van der Waals surface area contributed by atoms with Gasteiger partial charge in [0, 0.05) is 19.3 Å². The largest absolute Gasteiger partial charge is 0.497 e. The maximum absolute atomic E-state index is 13.1. The van der Waals surface area contributed by atoms with Crippen molar-refractivity contribution in [3.05, 3.63) is 86.7 Å². The van der Waals surface area contributed by atoms with Gasteiger partial charge in [0.15, 0.2) is 0 Å². The normalized spacial score (nSPS) is 10.8. The van der Waals surface area contributed by atoms with Gasteiger partial charge in [0.2, 0.25) is 0 Å². The molecule has 0 spiro atoms. The number of methoxy groups -OCH3 is 2. The Bertz CT molecular complexity index is 1420. The molecule has 0 aliphatic carbocycles. The number of hydrogen-bond acceptors (Lipinski definition) is 5. The van der Waals surface area contributed by atoms with Gasteiger partial charge in [-0.3, -0.25) is 14.2 Å². The molecule has 4 aromatic rings. The first-order chi connectivity index (χ1) is 15.4. The van der Waals surface area contributed by atoms with Crippen LogP contribution in [-0.4, -0.2) is 34.2 Å². The van der Waals surface area contributed by atoms with Crippen molar-refractivity contribution in [1.82, 2.24) is 14.1 Å². The Labute approximate surface area is 182 Å². The quantitative estimate of drug-likeness (QED) is 0.484. The molecule has 2 heterocycles. The van der Waals surface area contributed by atoms with Crippen LogP contribution in [0.5, 0.6) is 11.5 Å². The van der Waals surface area contributed by atoms with Crippen molar-refractivity contribution in [1.29, 1.82) is 0 Å².